The van der Waals surface area contributed by atoms with Crippen LogP contribution in [0.4, 0.5) is 5.69 Å². The van der Waals surface area contributed by atoms with E-state index in [2.05, 4.69) is 18.3 Å². The van der Waals surface area contributed by atoms with Crippen molar-refractivity contribution in [1.29, 1.82) is 0 Å². The van der Waals surface area contributed by atoms with Crippen molar-refractivity contribution >= 4 is 17.3 Å². The molecule has 3 rings (SSSR count). The predicted molar refractivity (Wildman–Crippen MR) is 80.0 cm³/mol. The minimum absolute atomic E-state index is 0.232. The van der Waals surface area contributed by atoms with Gasteiger partial charge in [0.05, 0.1) is 11.7 Å². The van der Waals surface area contributed by atoms with Gasteiger partial charge in [-0.05, 0) is 50.3 Å². The lowest BCUT2D eigenvalue weighted by atomic mass is 9.98. The van der Waals surface area contributed by atoms with Gasteiger partial charge in [-0.1, -0.05) is 30.5 Å². The fourth-order valence-electron chi connectivity index (χ4n) is 3.43. The molecule has 1 aliphatic carbocycles. The number of halogens is 1. The highest BCUT2D eigenvalue weighted by Gasteiger charge is 2.41. The number of rotatable bonds is 3. The van der Waals surface area contributed by atoms with Crippen LogP contribution in [0.25, 0.3) is 0 Å². The molecular weight excluding hydrogens is 258 g/mol. The molecule has 1 atom stereocenters. The van der Waals surface area contributed by atoms with Crippen molar-refractivity contribution in [2.45, 2.75) is 57.2 Å². The Morgan fingerprint density at radius 3 is 2.89 bits per heavy atom. The first-order chi connectivity index (χ1) is 9.17. The highest BCUT2D eigenvalue weighted by Crippen LogP contribution is 2.43. The van der Waals surface area contributed by atoms with Crippen molar-refractivity contribution in [2.24, 2.45) is 0 Å². The summed E-state index contributed by atoms with van der Waals surface area (Å²) in [5.74, 6) is 0. The largest absolute Gasteiger partial charge is 0.382 e. The van der Waals surface area contributed by atoms with Crippen LogP contribution in [-0.2, 0) is 4.74 Å². The van der Waals surface area contributed by atoms with Gasteiger partial charge in [0.2, 0.25) is 0 Å². The Balaban J connectivity index is 1.57. The highest BCUT2D eigenvalue weighted by molar-refractivity contribution is 6.30. The molecule has 1 aromatic rings. The molecule has 1 N–H and O–H groups in total. The Bertz CT molecular complexity index is 454. The third-order valence-electron chi connectivity index (χ3n) is 4.57. The van der Waals surface area contributed by atoms with E-state index in [-0.39, 0.29) is 5.60 Å². The molecule has 2 aliphatic rings. The molecule has 1 aliphatic heterocycles. The van der Waals surface area contributed by atoms with E-state index >= 15 is 0 Å². The van der Waals surface area contributed by atoms with E-state index in [1.165, 1.54) is 44.1 Å². The SMILES string of the molecule is Cc1ccc(Cl)cc1NCC1CCC2(CCCC2)O1. The van der Waals surface area contributed by atoms with Crippen LogP contribution >= 0.6 is 11.6 Å². The molecule has 19 heavy (non-hydrogen) atoms. The molecule has 1 spiro atoms. The maximum absolute atomic E-state index is 6.31. The Labute approximate surface area is 120 Å². The molecule has 1 unspecified atom stereocenters. The number of ether oxygens (including phenoxy) is 1. The topological polar surface area (TPSA) is 21.3 Å². The van der Waals surface area contributed by atoms with Crippen molar-refractivity contribution in [3.8, 4) is 0 Å². The smallest absolute Gasteiger partial charge is 0.0756 e. The Kier molecular flexibility index (Phi) is 3.72. The van der Waals surface area contributed by atoms with Gasteiger partial charge in [0.25, 0.3) is 0 Å². The van der Waals surface area contributed by atoms with Gasteiger partial charge in [0, 0.05) is 17.3 Å². The van der Waals surface area contributed by atoms with Crippen molar-refractivity contribution in [3.05, 3.63) is 28.8 Å². The molecule has 0 aromatic heterocycles. The summed E-state index contributed by atoms with van der Waals surface area (Å²) in [6.07, 6.45) is 8.00. The molecular formula is C16H22ClNO. The van der Waals surface area contributed by atoms with E-state index in [1.807, 2.05) is 12.1 Å². The molecule has 1 saturated carbocycles. The minimum Gasteiger partial charge on any atom is -0.382 e. The quantitative estimate of drug-likeness (QED) is 0.876. The van der Waals surface area contributed by atoms with Crippen LogP contribution in [0.3, 0.4) is 0 Å². The molecule has 104 valence electrons. The van der Waals surface area contributed by atoms with E-state index < -0.39 is 0 Å². The number of aryl methyl sites for hydroxylation is 1. The molecule has 2 fully saturated rings. The number of benzene rings is 1. The fourth-order valence-corrected chi connectivity index (χ4v) is 3.61. The summed E-state index contributed by atoms with van der Waals surface area (Å²) in [5.41, 5.74) is 2.59. The summed E-state index contributed by atoms with van der Waals surface area (Å²) in [6.45, 7) is 3.00. The van der Waals surface area contributed by atoms with Crippen molar-refractivity contribution < 1.29 is 4.74 Å². The number of hydrogen-bond donors (Lipinski definition) is 1. The second-order valence-electron chi connectivity index (χ2n) is 6.01. The Morgan fingerprint density at radius 2 is 2.11 bits per heavy atom. The maximum atomic E-state index is 6.31. The van der Waals surface area contributed by atoms with Gasteiger partial charge < -0.3 is 10.1 Å². The second-order valence-corrected chi connectivity index (χ2v) is 6.45. The van der Waals surface area contributed by atoms with Gasteiger partial charge >= 0.3 is 0 Å². The minimum atomic E-state index is 0.232. The third kappa shape index (κ3) is 2.90. The van der Waals surface area contributed by atoms with Crippen LogP contribution in [-0.4, -0.2) is 18.2 Å². The predicted octanol–water partition coefficient (Wildman–Crippen LogP) is 4.55. The lowest BCUT2D eigenvalue weighted by Gasteiger charge is -2.24. The van der Waals surface area contributed by atoms with Crippen molar-refractivity contribution in [3.63, 3.8) is 0 Å². The molecule has 1 aromatic carbocycles. The fraction of sp³-hybridized carbons (Fsp3) is 0.625. The Hall–Kier alpha value is -0.730. The number of hydrogen-bond acceptors (Lipinski definition) is 2. The second kappa shape index (κ2) is 5.34. The summed E-state index contributed by atoms with van der Waals surface area (Å²) in [5, 5.41) is 4.28. The van der Waals surface area contributed by atoms with Gasteiger partial charge in [-0.25, -0.2) is 0 Å². The number of anilines is 1. The average molecular weight is 280 g/mol. The molecule has 0 radical (unpaired) electrons. The van der Waals surface area contributed by atoms with Gasteiger partial charge in [-0.2, -0.15) is 0 Å². The van der Waals surface area contributed by atoms with Gasteiger partial charge in [0.1, 0.15) is 0 Å². The van der Waals surface area contributed by atoms with Crippen molar-refractivity contribution in [1.82, 2.24) is 0 Å². The Morgan fingerprint density at radius 1 is 1.32 bits per heavy atom. The van der Waals surface area contributed by atoms with E-state index in [0.717, 1.165) is 17.3 Å². The summed E-state index contributed by atoms with van der Waals surface area (Å²) in [7, 11) is 0. The monoisotopic (exact) mass is 279 g/mol. The normalized spacial score (nSPS) is 25.1. The average Bonchev–Trinajstić information content (AvgIpc) is 3.02. The zero-order valence-corrected chi connectivity index (χ0v) is 12.3. The van der Waals surface area contributed by atoms with Crippen molar-refractivity contribution in [2.75, 3.05) is 11.9 Å². The number of nitrogens with one attached hydrogen (secondary N) is 1. The molecule has 2 nitrogen and oxygen atoms in total. The third-order valence-corrected chi connectivity index (χ3v) is 4.81. The van der Waals surface area contributed by atoms with E-state index in [0.29, 0.717) is 6.10 Å². The molecule has 1 saturated heterocycles. The highest BCUT2D eigenvalue weighted by atomic mass is 35.5. The molecule has 3 heteroatoms. The van der Waals surface area contributed by atoms with Crippen LogP contribution in [0.15, 0.2) is 18.2 Å². The standard InChI is InChI=1S/C16H22ClNO/c1-12-4-5-13(17)10-15(12)18-11-14-6-9-16(19-14)7-2-3-8-16/h4-5,10,14,18H,2-3,6-9,11H2,1H3. The lowest BCUT2D eigenvalue weighted by Crippen LogP contribution is -2.28. The molecule has 1 heterocycles. The maximum Gasteiger partial charge on any atom is 0.0756 e. The first kappa shape index (κ1) is 13.3. The van der Waals surface area contributed by atoms with Crippen LogP contribution < -0.4 is 5.32 Å². The van der Waals surface area contributed by atoms with Gasteiger partial charge in [0.15, 0.2) is 0 Å². The first-order valence-electron chi connectivity index (χ1n) is 7.35. The summed E-state index contributed by atoms with van der Waals surface area (Å²) in [4.78, 5) is 0. The lowest BCUT2D eigenvalue weighted by molar-refractivity contribution is -0.0307. The molecule has 0 bridgehead atoms. The van der Waals surface area contributed by atoms with Crippen LogP contribution in [0.5, 0.6) is 0 Å². The van der Waals surface area contributed by atoms with E-state index in [1.54, 1.807) is 0 Å². The van der Waals surface area contributed by atoms with E-state index in [9.17, 15) is 0 Å². The summed E-state index contributed by atoms with van der Waals surface area (Å²) in [6, 6.07) is 5.98. The van der Waals surface area contributed by atoms with Crippen LogP contribution in [0, 0.1) is 6.92 Å². The zero-order chi connectivity index (χ0) is 13.3. The summed E-state index contributed by atoms with van der Waals surface area (Å²) < 4.78 is 6.31. The van der Waals surface area contributed by atoms with Crippen LogP contribution in [0.1, 0.15) is 44.1 Å². The van der Waals surface area contributed by atoms with Crippen LogP contribution in [0.2, 0.25) is 5.02 Å². The van der Waals surface area contributed by atoms with E-state index in [4.69, 9.17) is 16.3 Å². The first-order valence-corrected chi connectivity index (χ1v) is 7.73. The van der Waals surface area contributed by atoms with Gasteiger partial charge in [-0.3, -0.25) is 0 Å². The zero-order valence-electron chi connectivity index (χ0n) is 11.5. The van der Waals surface area contributed by atoms with Gasteiger partial charge in [-0.15, -0.1) is 0 Å². The molecule has 0 amide bonds. The summed E-state index contributed by atoms with van der Waals surface area (Å²) >= 11 is 6.04.